The van der Waals surface area contributed by atoms with Gasteiger partial charge in [0.25, 0.3) is 0 Å². The number of furan rings is 2. The quantitative estimate of drug-likeness (QED) is 0.152. The molecule has 0 saturated carbocycles. The summed E-state index contributed by atoms with van der Waals surface area (Å²) in [5.41, 5.74) is 20.3. The molecule has 11 aromatic carbocycles. The number of nitrogens with zero attached hydrogens (tertiary/aromatic N) is 1. The van der Waals surface area contributed by atoms with Crippen molar-refractivity contribution in [2.45, 2.75) is 5.41 Å². The Morgan fingerprint density at radius 2 is 0.714 bits per heavy atom. The molecule has 0 spiro atoms. The molecular weight excluding hydrogens is 851 g/mol. The van der Waals surface area contributed by atoms with Crippen molar-refractivity contribution in [3.8, 4) is 44.5 Å². The second-order valence-corrected chi connectivity index (χ2v) is 18.3. The van der Waals surface area contributed by atoms with Gasteiger partial charge in [-0.15, -0.1) is 0 Å². The Labute approximate surface area is 405 Å². The third kappa shape index (κ3) is 6.08. The maximum atomic E-state index is 7.24. The largest absolute Gasteiger partial charge is 0.455 e. The molecule has 1 aliphatic carbocycles. The number of hydrogen-bond donors (Lipinski definition) is 0. The summed E-state index contributed by atoms with van der Waals surface area (Å²) in [6.45, 7) is 0. The van der Waals surface area contributed by atoms with E-state index in [0.29, 0.717) is 0 Å². The predicted octanol–water partition coefficient (Wildman–Crippen LogP) is 18.3. The summed E-state index contributed by atoms with van der Waals surface area (Å²) in [4.78, 5) is 2.33. The van der Waals surface area contributed by atoms with Crippen LogP contribution in [0.4, 0.5) is 17.1 Å². The molecule has 2 heterocycles. The second-order valence-electron chi connectivity index (χ2n) is 18.3. The molecular formula is C67H43NO2. The zero-order valence-electron chi connectivity index (χ0n) is 38.1. The van der Waals surface area contributed by atoms with Gasteiger partial charge in [0.05, 0.1) is 5.41 Å². The van der Waals surface area contributed by atoms with Gasteiger partial charge in [-0.05, 0) is 92.5 Å². The van der Waals surface area contributed by atoms with Gasteiger partial charge in [0.1, 0.15) is 22.3 Å². The molecule has 0 N–H and O–H groups in total. The van der Waals surface area contributed by atoms with E-state index in [4.69, 9.17) is 8.83 Å². The maximum absolute atomic E-state index is 7.24. The molecule has 0 fully saturated rings. The van der Waals surface area contributed by atoms with E-state index in [1.54, 1.807) is 0 Å². The van der Waals surface area contributed by atoms with Gasteiger partial charge in [0.2, 0.25) is 0 Å². The summed E-state index contributed by atoms with van der Waals surface area (Å²) in [7, 11) is 0. The van der Waals surface area contributed by atoms with Crippen molar-refractivity contribution >= 4 is 60.9 Å². The monoisotopic (exact) mass is 893 g/mol. The van der Waals surface area contributed by atoms with Crippen LogP contribution in [0.1, 0.15) is 22.3 Å². The molecule has 0 radical (unpaired) electrons. The van der Waals surface area contributed by atoms with E-state index in [0.717, 1.165) is 88.8 Å². The number of hydrogen-bond acceptors (Lipinski definition) is 3. The van der Waals surface area contributed by atoms with Crippen LogP contribution in [-0.4, -0.2) is 0 Å². The first-order valence-electron chi connectivity index (χ1n) is 24.0. The van der Waals surface area contributed by atoms with E-state index in [1.807, 2.05) is 12.1 Å². The van der Waals surface area contributed by atoms with Gasteiger partial charge in [-0.1, -0.05) is 218 Å². The van der Waals surface area contributed by atoms with Crippen molar-refractivity contribution in [3.05, 3.63) is 283 Å². The van der Waals surface area contributed by atoms with Crippen molar-refractivity contribution in [1.29, 1.82) is 0 Å². The maximum Gasteiger partial charge on any atom is 0.143 e. The van der Waals surface area contributed by atoms with Gasteiger partial charge in [-0.3, -0.25) is 0 Å². The minimum atomic E-state index is -0.503. The second kappa shape index (κ2) is 16.0. The van der Waals surface area contributed by atoms with Crippen molar-refractivity contribution in [2.24, 2.45) is 0 Å². The van der Waals surface area contributed by atoms with Gasteiger partial charge in [-0.25, -0.2) is 0 Å². The summed E-state index contributed by atoms with van der Waals surface area (Å²) >= 11 is 0. The smallest absolute Gasteiger partial charge is 0.143 e. The van der Waals surface area contributed by atoms with Crippen LogP contribution in [0.15, 0.2) is 270 Å². The molecule has 0 amide bonds. The lowest BCUT2D eigenvalue weighted by atomic mass is 9.68. The van der Waals surface area contributed by atoms with Crippen LogP contribution in [0, 0.1) is 0 Å². The van der Waals surface area contributed by atoms with Gasteiger partial charge >= 0.3 is 0 Å². The van der Waals surface area contributed by atoms with E-state index in [2.05, 4.69) is 254 Å². The summed E-state index contributed by atoms with van der Waals surface area (Å²) in [5, 5.41) is 4.47. The minimum absolute atomic E-state index is 0.503. The van der Waals surface area contributed by atoms with Crippen LogP contribution in [0.2, 0.25) is 0 Å². The fourth-order valence-electron chi connectivity index (χ4n) is 11.4. The Morgan fingerprint density at radius 1 is 0.271 bits per heavy atom. The molecule has 328 valence electrons. The number of rotatable bonds is 8. The Bertz CT molecular complexity index is 4040. The first-order valence-corrected chi connectivity index (χ1v) is 24.0. The molecule has 0 atom stereocenters. The normalized spacial score (nSPS) is 12.7. The Hall–Kier alpha value is -9.18. The van der Waals surface area contributed by atoms with Crippen LogP contribution in [0.25, 0.3) is 88.4 Å². The van der Waals surface area contributed by atoms with Crippen LogP contribution in [-0.2, 0) is 5.41 Å². The first kappa shape index (κ1) is 39.9. The highest BCUT2D eigenvalue weighted by molar-refractivity contribution is 6.15. The lowest BCUT2D eigenvalue weighted by Crippen LogP contribution is -2.28. The average molecular weight is 894 g/mol. The van der Waals surface area contributed by atoms with E-state index in [9.17, 15) is 0 Å². The Balaban J connectivity index is 0.880. The lowest BCUT2D eigenvalue weighted by Gasteiger charge is -2.33. The van der Waals surface area contributed by atoms with Gasteiger partial charge in [-0.2, -0.15) is 0 Å². The van der Waals surface area contributed by atoms with Crippen molar-refractivity contribution in [1.82, 2.24) is 0 Å². The van der Waals surface area contributed by atoms with Crippen LogP contribution in [0.3, 0.4) is 0 Å². The Morgan fingerprint density at radius 3 is 1.33 bits per heavy atom. The fourth-order valence-corrected chi connectivity index (χ4v) is 11.4. The molecule has 3 nitrogen and oxygen atoms in total. The Kier molecular flexibility index (Phi) is 9.11. The van der Waals surface area contributed by atoms with Crippen molar-refractivity contribution < 1.29 is 8.83 Å². The number of para-hydroxylation sites is 3. The van der Waals surface area contributed by atoms with E-state index < -0.39 is 5.41 Å². The van der Waals surface area contributed by atoms with E-state index in [1.165, 1.54) is 38.9 Å². The molecule has 13 aromatic rings. The first-order chi connectivity index (χ1) is 34.7. The molecule has 0 unspecified atom stereocenters. The van der Waals surface area contributed by atoms with Crippen LogP contribution < -0.4 is 4.90 Å². The van der Waals surface area contributed by atoms with E-state index >= 15 is 0 Å². The minimum Gasteiger partial charge on any atom is -0.455 e. The fraction of sp³-hybridized carbons (Fsp3) is 0.0149. The third-order valence-corrected chi connectivity index (χ3v) is 14.6. The molecule has 3 heteroatoms. The molecule has 1 aliphatic rings. The number of fused-ring (bicyclic) bond motifs is 10. The summed E-state index contributed by atoms with van der Waals surface area (Å²) in [6.07, 6.45) is 0. The lowest BCUT2D eigenvalue weighted by molar-refractivity contribution is 0.669. The van der Waals surface area contributed by atoms with Gasteiger partial charge in [0, 0.05) is 55.3 Å². The standard InChI is InChI=1S/C67H43NO2/c1-4-16-44(17-5-1)45-30-36-50(37-31-45)68(51-38-32-46(33-39-51)53-24-14-26-56-55-22-11-13-29-62(55)69-64(53)56)52-40-34-47(35-41-52)54-25-15-27-57-58-42-43-61-63(66(58)70-65(54)57)59-23-10-12-28-60(59)67(61,48-18-6-2-7-19-48)49-20-8-3-9-21-49/h1-43H. The van der Waals surface area contributed by atoms with Gasteiger partial charge in [0.15, 0.2) is 0 Å². The topological polar surface area (TPSA) is 29.5 Å². The average Bonchev–Trinajstić information content (AvgIpc) is 4.11. The van der Waals surface area contributed by atoms with Crippen molar-refractivity contribution in [2.75, 3.05) is 4.90 Å². The highest BCUT2D eigenvalue weighted by atomic mass is 16.3. The summed E-state index contributed by atoms with van der Waals surface area (Å²) < 4.78 is 13.7. The molecule has 70 heavy (non-hydrogen) atoms. The predicted molar refractivity (Wildman–Crippen MR) is 289 cm³/mol. The number of anilines is 3. The summed E-state index contributed by atoms with van der Waals surface area (Å²) in [6, 6.07) is 93.8. The van der Waals surface area contributed by atoms with Crippen LogP contribution >= 0.6 is 0 Å². The molecule has 2 aromatic heterocycles. The van der Waals surface area contributed by atoms with Crippen molar-refractivity contribution in [3.63, 3.8) is 0 Å². The molecule has 0 bridgehead atoms. The summed E-state index contributed by atoms with van der Waals surface area (Å²) in [5.74, 6) is 0. The molecule has 14 rings (SSSR count). The highest BCUT2D eigenvalue weighted by Gasteiger charge is 2.47. The zero-order chi connectivity index (χ0) is 46.2. The highest BCUT2D eigenvalue weighted by Crippen LogP contribution is 2.58. The van der Waals surface area contributed by atoms with Crippen LogP contribution in [0.5, 0.6) is 0 Å². The SMILES string of the molecule is c1ccc(-c2ccc(N(c3ccc(-c4cccc5c4oc4ccccc45)cc3)c3ccc(-c4cccc5c4oc4c6c(ccc45)C(c4ccccc4)(c4ccccc4)c4ccccc4-6)cc3)cc2)cc1. The number of benzene rings is 11. The molecule has 0 saturated heterocycles. The molecule has 0 aliphatic heterocycles. The van der Waals surface area contributed by atoms with E-state index in [-0.39, 0.29) is 0 Å². The third-order valence-electron chi connectivity index (χ3n) is 14.6. The van der Waals surface area contributed by atoms with Gasteiger partial charge < -0.3 is 13.7 Å². The zero-order valence-corrected chi connectivity index (χ0v) is 38.1.